The van der Waals surface area contributed by atoms with Gasteiger partial charge in [-0.3, -0.25) is 0 Å². The van der Waals surface area contributed by atoms with Crippen LogP contribution in [0, 0.1) is 0 Å². The molecule has 0 aliphatic carbocycles. The predicted molar refractivity (Wildman–Crippen MR) is 48.8 cm³/mol. The summed E-state index contributed by atoms with van der Waals surface area (Å²) >= 11 is 0. The average Bonchev–Trinajstić information content (AvgIpc) is 2.17. The third-order valence-corrected chi connectivity index (χ3v) is 2.49. The van der Waals surface area contributed by atoms with Crippen molar-refractivity contribution in [3.63, 3.8) is 0 Å². The van der Waals surface area contributed by atoms with Gasteiger partial charge in [0.05, 0.1) is 6.67 Å². The minimum Gasteiger partial charge on any atom is -0.371 e. The van der Waals surface area contributed by atoms with E-state index in [1.807, 2.05) is 0 Å². The second-order valence-electron chi connectivity index (χ2n) is 3.38. The summed E-state index contributed by atoms with van der Waals surface area (Å²) in [5, 5.41) is 6.48. The van der Waals surface area contributed by atoms with Crippen LogP contribution in [0.15, 0.2) is 11.3 Å². The lowest BCUT2D eigenvalue weighted by Gasteiger charge is -2.33. The molecule has 0 radical (unpaired) electrons. The zero-order chi connectivity index (χ0) is 9.26. The Hall–Kier alpha value is -1.23. The summed E-state index contributed by atoms with van der Waals surface area (Å²) < 4.78 is 0. The number of nitrogens with zero attached hydrogens (tertiary/aromatic N) is 1. The Balaban J connectivity index is 2.09. The van der Waals surface area contributed by atoms with Gasteiger partial charge < -0.3 is 21.3 Å². The van der Waals surface area contributed by atoms with Crippen LogP contribution in [0.25, 0.3) is 0 Å². The smallest absolute Gasteiger partial charge is 0.316 e. The average molecular weight is 182 g/mol. The van der Waals surface area contributed by atoms with Crippen molar-refractivity contribution in [2.75, 3.05) is 26.3 Å². The van der Waals surface area contributed by atoms with E-state index in [0.29, 0.717) is 13.2 Å². The van der Waals surface area contributed by atoms with Crippen molar-refractivity contribution < 1.29 is 4.79 Å². The summed E-state index contributed by atoms with van der Waals surface area (Å²) in [6.45, 7) is 3.10. The molecule has 2 aliphatic rings. The lowest BCUT2D eigenvalue weighted by molar-refractivity contribution is 0.204. The first-order valence-corrected chi connectivity index (χ1v) is 4.47. The number of carbonyl (C=O) groups is 1. The van der Waals surface area contributed by atoms with E-state index >= 15 is 0 Å². The molecule has 0 aromatic heterocycles. The minimum absolute atomic E-state index is 0.357. The molecule has 0 atom stereocenters. The number of carbonyl (C=O) groups excluding carboxylic acids is 1. The molecule has 4 N–H and O–H groups in total. The fourth-order valence-electron chi connectivity index (χ4n) is 1.73. The van der Waals surface area contributed by atoms with Gasteiger partial charge in [-0.15, -0.1) is 0 Å². The van der Waals surface area contributed by atoms with Crippen LogP contribution in [0.4, 0.5) is 4.79 Å². The van der Waals surface area contributed by atoms with E-state index in [1.165, 1.54) is 11.3 Å². The zero-order valence-electron chi connectivity index (χ0n) is 7.47. The SMILES string of the molecule is NC(=O)N1CNC2=C(CNCC2)C1. The van der Waals surface area contributed by atoms with E-state index in [-0.39, 0.29) is 6.03 Å². The first-order valence-electron chi connectivity index (χ1n) is 4.47. The molecule has 2 amide bonds. The number of nitrogens with two attached hydrogens (primary N) is 1. The summed E-state index contributed by atoms with van der Waals surface area (Å²) in [5.41, 5.74) is 7.74. The van der Waals surface area contributed by atoms with Crippen LogP contribution in [-0.2, 0) is 0 Å². The molecule has 0 spiro atoms. The molecule has 0 saturated heterocycles. The highest BCUT2D eigenvalue weighted by molar-refractivity contribution is 5.72. The second kappa shape index (κ2) is 3.26. The molecule has 13 heavy (non-hydrogen) atoms. The normalized spacial score (nSPS) is 22.3. The van der Waals surface area contributed by atoms with Crippen molar-refractivity contribution >= 4 is 6.03 Å². The molecule has 5 heteroatoms. The number of nitrogens with one attached hydrogen (secondary N) is 2. The van der Waals surface area contributed by atoms with Crippen molar-refractivity contribution in [2.24, 2.45) is 5.73 Å². The Labute approximate surface area is 77.0 Å². The van der Waals surface area contributed by atoms with Crippen LogP contribution in [0.3, 0.4) is 0 Å². The van der Waals surface area contributed by atoms with E-state index < -0.39 is 0 Å². The van der Waals surface area contributed by atoms with Gasteiger partial charge in [0, 0.05) is 25.3 Å². The van der Waals surface area contributed by atoms with E-state index in [4.69, 9.17) is 5.73 Å². The molecule has 0 fully saturated rings. The van der Waals surface area contributed by atoms with Crippen molar-refractivity contribution in [2.45, 2.75) is 6.42 Å². The number of hydrogen-bond donors (Lipinski definition) is 3. The van der Waals surface area contributed by atoms with Crippen molar-refractivity contribution in [3.05, 3.63) is 11.3 Å². The fraction of sp³-hybridized carbons (Fsp3) is 0.625. The maximum absolute atomic E-state index is 10.9. The number of hydrogen-bond acceptors (Lipinski definition) is 3. The highest BCUT2D eigenvalue weighted by Crippen LogP contribution is 2.14. The summed E-state index contributed by atoms with van der Waals surface area (Å²) in [7, 11) is 0. The standard InChI is InChI=1S/C8H14N4O/c9-8(13)12-4-6-3-10-2-1-7(6)11-5-12/h10-11H,1-5H2,(H2,9,13). The van der Waals surface area contributed by atoms with Crippen LogP contribution < -0.4 is 16.4 Å². The lowest BCUT2D eigenvalue weighted by atomic mass is 10.1. The summed E-state index contributed by atoms with van der Waals surface area (Å²) in [4.78, 5) is 12.5. The molecule has 2 heterocycles. The summed E-state index contributed by atoms with van der Waals surface area (Å²) in [6.07, 6.45) is 1.03. The minimum atomic E-state index is -0.357. The van der Waals surface area contributed by atoms with Crippen LogP contribution in [0.2, 0.25) is 0 Å². The predicted octanol–water partition coefficient (Wildman–Crippen LogP) is -0.825. The highest BCUT2D eigenvalue weighted by Gasteiger charge is 2.21. The lowest BCUT2D eigenvalue weighted by Crippen LogP contribution is -2.49. The molecule has 0 saturated carbocycles. The van der Waals surface area contributed by atoms with Gasteiger partial charge in [-0.2, -0.15) is 0 Å². The Morgan fingerprint density at radius 3 is 3.15 bits per heavy atom. The van der Waals surface area contributed by atoms with Gasteiger partial charge >= 0.3 is 6.03 Å². The second-order valence-corrected chi connectivity index (χ2v) is 3.38. The van der Waals surface area contributed by atoms with Crippen LogP contribution in [0.1, 0.15) is 6.42 Å². The molecule has 0 aromatic rings. The van der Waals surface area contributed by atoms with Crippen molar-refractivity contribution in [3.8, 4) is 0 Å². The van der Waals surface area contributed by atoms with Crippen LogP contribution in [-0.4, -0.2) is 37.2 Å². The zero-order valence-corrected chi connectivity index (χ0v) is 7.47. The number of amides is 2. The summed E-state index contributed by atoms with van der Waals surface area (Å²) in [6, 6.07) is -0.357. The van der Waals surface area contributed by atoms with E-state index in [1.54, 1.807) is 4.90 Å². The molecule has 0 aromatic carbocycles. The Morgan fingerprint density at radius 2 is 2.38 bits per heavy atom. The van der Waals surface area contributed by atoms with Gasteiger partial charge in [-0.05, 0) is 12.0 Å². The molecule has 2 aliphatic heterocycles. The fourth-order valence-corrected chi connectivity index (χ4v) is 1.73. The third-order valence-electron chi connectivity index (χ3n) is 2.49. The molecular formula is C8H14N4O. The van der Waals surface area contributed by atoms with E-state index in [0.717, 1.165) is 19.5 Å². The molecule has 0 bridgehead atoms. The highest BCUT2D eigenvalue weighted by atomic mass is 16.2. The quantitative estimate of drug-likeness (QED) is 0.458. The third kappa shape index (κ3) is 1.60. The van der Waals surface area contributed by atoms with Gasteiger partial charge in [-0.1, -0.05) is 0 Å². The maximum Gasteiger partial charge on any atom is 0.316 e. The Kier molecular flexibility index (Phi) is 2.10. The molecule has 0 unspecified atom stereocenters. The molecular weight excluding hydrogens is 168 g/mol. The molecule has 5 nitrogen and oxygen atoms in total. The number of primary amides is 1. The van der Waals surface area contributed by atoms with Gasteiger partial charge in [0.15, 0.2) is 0 Å². The monoisotopic (exact) mass is 182 g/mol. The van der Waals surface area contributed by atoms with Crippen molar-refractivity contribution in [1.29, 1.82) is 0 Å². The first kappa shape index (κ1) is 8.37. The largest absolute Gasteiger partial charge is 0.371 e. The topological polar surface area (TPSA) is 70.4 Å². The van der Waals surface area contributed by atoms with Crippen LogP contribution >= 0.6 is 0 Å². The van der Waals surface area contributed by atoms with Gasteiger partial charge in [-0.25, -0.2) is 4.79 Å². The molecule has 2 rings (SSSR count). The maximum atomic E-state index is 10.9. The van der Waals surface area contributed by atoms with Crippen molar-refractivity contribution in [1.82, 2.24) is 15.5 Å². The van der Waals surface area contributed by atoms with E-state index in [9.17, 15) is 4.79 Å². The van der Waals surface area contributed by atoms with E-state index in [2.05, 4.69) is 10.6 Å². The van der Waals surface area contributed by atoms with Crippen LogP contribution in [0.5, 0.6) is 0 Å². The molecule has 72 valence electrons. The Morgan fingerprint density at radius 1 is 1.54 bits per heavy atom. The number of urea groups is 1. The van der Waals surface area contributed by atoms with Gasteiger partial charge in [0.25, 0.3) is 0 Å². The Bertz CT molecular complexity index is 261. The summed E-state index contributed by atoms with van der Waals surface area (Å²) in [5.74, 6) is 0. The van der Waals surface area contributed by atoms with Gasteiger partial charge in [0.2, 0.25) is 0 Å². The van der Waals surface area contributed by atoms with Gasteiger partial charge in [0.1, 0.15) is 0 Å². The first-order chi connectivity index (χ1) is 6.27. The number of rotatable bonds is 0.